The average Bonchev–Trinajstić information content (AvgIpc) is 3.42. The summed E-state index contributed by atoms with van der Waals surface area (Å²) >= 11 is 0. The van der Waals surface area contributed by atoms with E-state index in [9.17, 15) is 9.90 Å². The van der Waals surface area contributed by atoms with Gasteiger partial charge in [0.05, 0.1) is 6.10 Å². The summed E-state index contributed by atoms with van der Waals surface area (Å²) in [6.45, 7) is 4.26. The molecule has 0 unspecified atom stereocenters. The van der Waals surface area contributed by atoms with Crippen molar-refractivity contribution < 1.29 is 19.4 Å². The third-order valence-corrected chi connectivity index (χ3v) is 6.32. The zero-order valence-electron chi connectivity index (χ0n) is 14.7. The van der Waals surface area contributed by atoms with Crippen molar-refractivity contribution in [1.29, 1.82) is 0 Å². The lowest BCUT2D eigenvalue weighted by Crippen LogP contribution is -2.66. The molecule has 2 saturated carbocycles. The summed E-state index contributed by atoms with van der Waals surface area (Å²) in [6, 6.07) is 7.47. The number of carbonyl (C=O) groups excluding carboxylic acids is 1. The van der Waals surface area contributed by atoms with Crippen molar-refractivity contribution in [3.05, 3.63) is 29.8 Å². The van der Waals surface area contributed by atoms with Crippen molar-refractivity contribution in [2.24, 2.45) is 11.3 Å². The minimum Gasteiger partial charge on any atom is -0.508 e. The van der Waals surface area contributed by atoms with E-state index < -0.39 is 0 Å². The normalized spacial score (nSPS) is 32.8. The molecule has 1 aromatic carbocycles. The predicted octanol–water partition coefficient (Wildman–Crippen LogP) is 2.59. The Hall–Kier alpha value is -1.59. The van der Waals surface area contributed by atoms with Gasteiger partial charge in [-0.15, -0.1) is 0 Å². The van der Waals surface area contributed by atoms with E-state index in [1.165, 1.54) is 0 Å². The number of hydrogen-bond acceptors (Lipinski definition) is 4. The van der Waals surface area contributed by atoms with Crippen LogP contribution in [-0.2, 0) is 14.3 Å². The van der Waals surface area contributed by atoms with E-state index in [0.717, 1.165) is 51.1 Å². The van der Waals surface area contributed by atoms with Crippen LogP contribution < -0.4 is 5.32 Å². The van der Waals surface area contributed by atoms with Crippen molar-refractivity contribution >= 4 is 5.91 Å². The highest BCUT2D eigenvalue weighted by Gasteiger charge is 2.57. The molecule has 1 spiro atoms. The van der Waals surface area contributed by atoms with Crippen LogP contribution in [0.2, 0.25) is 0 Å². The highest BCUT2D eigenvalue weighted by molar-refractivity contribution is 5.83. The Morgan fingerprint density at radius 2 is 2.16 bits per heavy atom. The third kappa shape index (κ3) is 3.04. The number of carbonyl (C=O) groups is 1. The largest absolute Gasteiger partial charge is 0.508 e. The Kier molecular flexibility index (Phi) is 4.46. The molecule has 1 amide bonds. The van der Waals surface area contributed by atoms with E-state index >= 15 is 0 Å². The number of nitrogens with one attached hydrogen (secondary N) is 1. The molecule has 25 heavy (non-hydrogen) atoms. The second-order valence-corrected chi connectivity index (χ2v) is 7.63. The molecule has 1 aliphatic heterocycles. The molecule has 0 aromatic heterocycles. The molecule has 5 nitrogen and oxygen atoms in total. The second kappa shape index (κ2) is 6.61. The van der Waals surface area contributed by atoms with Crippen molar-refractivity contribution in [2.45, 2.75) is 50.7 Å². The summed E-state index contributed by atoms with van der Waals surface area (Å²) < 4.78 is 11.5. The van der Waals surface area contributed by atoms with Crippen molar-refractivity contribution in [3.8, 4) is 5.75 Å². The van der Waals surface area contributed by atoms with E-state index in [0.29, 0.717) is 0 Å². The van der Waals surface area contributed by atoms with Gasteiger partial charge in [-0.25, -0.2) is 0 Å². The lowest BCUT2D eigenvalue weighted by molar-refractivity contribution is -0.176. The maximum Gasteiger partial charge on any atom is 0.223 e. The van der Waals surface area contributed by atoms with Crippen LogP contribution >= 0.6 is 0 Å². The number of benzene rings is 1. The molecule has 136 valence electrons. The number of phenols is 1. The van der Waals surface area contributed by atoms with Gasteiger partial charge in [0, 0.05) is 37.2 Å². The van der Waals surface area contributed by atoms with Crippen molar-refractivity contribution in [1.82, 2.24) is 5.32 Å². The van der Waals surface area contributed by atoms with E-state index in [2.05, 4.69) is 5.32 Å². The number of ether oxygens (including phenoxy) is 2. The molecule has 3 aliphatic rings. The van der Waals surface area contributed by atoms with Crippen LogP contribution in [-0.4, -0.2) is 43.0 Å². The van der Waals surface area contributed by atoms with Gasteiger partial charge in [-0.1, -0.05) is 12.1 Å². The molecule has 3 fully saturated rings. The van der Waals surface area contributed by atoms with Crippen LogP contribution in [0.1, 0.15) is 44.1 Å². The summed E-state index contributed by atoms with van der Waals surface area (Å²) in [5, 5.41) is 12.9. The van der Waals surface area contributed by atoms with Crippen LogP contribution in [0, 0.1) is 11.3 Å². The van der Waals surface area contributed by atoms with Crippen LogP contribution in [0.5, 0.6) is 5.75 Å². The second-order valence-electron chi connectivity index (χ2n) is 7.63. The van der Waals surface area contributed by atoms with Gasteiger partial charge >= 0.3 is 0 Å². The van der Waals surface area contributed by atoms with E-state index in [1.54, 1.807) is 12.1 Å². The van der Waals surface area contributed by atoms with Gasteiger partial charge in [0.15, 0.2) is 0 Å². The highest BCUT2D eigenvalue weighted by Crippen LogP contribution is 2.52. The fourth-order valence-electron chi connectivity index (χ4n) is 4.69. The summed E-state index contributed by atoms with van der Waals surface area (Å²) in [4.78, 5) is 12.7. The standard InChI is InChI=1S/C20H27NO4/c1-2-25-18-12-17(20(18)6-8-24-9-7-20)21-19(23)16-11-15(16)13-4-3-5-14(22)10-13/h3-5,10,15-18,22H,2,6-9,11-12H2,1H3,(H,21,23)/t15-,16+,17+,18+/m1/s1. The van der Waals surface area contributed by atoms with Gasteiger partial charge in [-0.3, -0.25) is 4.79 Å². The number of rotatable bonds is 5. The smallest absolute Gasteiger partial charge is 0.223 e. The van der Waals surface area contributed by atoms with Gasteiger partial charge in [0.1, 0.15) is 5.75 Å². The zero-order chi connectivity index (χ0) is 17.4. The zero-order valence-corrected chi connectivity index (χ0v) is 14.7. The van der Waals surface area contributed by atoms with Gasteiger partial charge in [0.2, 0.25) is 5.91 Å². The van der Waals surface area contributed by atoms with Gasteiger partial charge in [-0.05, 0) is 56.2 Å². The minimum absolute atomic E-state index is 0.0323. The lowest BCUT2D eigenvalue weighted by atomic mass is 9.57. The number of aromatic hydroxyl groups is 1. The monoisotopic (exact) mass is 345 g/mol. The van der Waals surface area contributed by atoms with Gasteiger partial charge < -0.3 is 19.9 Å². The highest BCUT2D eigenvalue weighted by atomic mass is 16.5. The average molecular weight is 345 g/mol. The molecule has 1 aromatic rings. The Morgan fingerprint density at radius 1 is 1.36 bits per heavy atom. The van der Waals surface area contributed by atoms with Crippen LogP contribution in [0.15, 0.2) is 24.3 Å². The SMILES string of the molecule is CCO[C@H]1C[C@H](NC(=O)[C@H]2C[C@@H]2c2cccc(O)c2)C12CCOCC2. The van der Waals surface area contributed by atoms with Crippen LogP contribution in [0.3, 0.4) is 0 Å². The quantitative estimate of drug-likeness (QED) is 0.861. The third-order valence-electron chi connectivity index (χ3n) is 6.32. The molecule has 0 radical (unpaired) electrons. The molecular weight excluding hydrogens is 318 g/mol. The first-order chi connectivity index (χ1) is 12.1. The molecule has 5 heteroatoms. The van der Waals surface area contributed by atoms with Crippen molar-refractivity contribution in [2.75, 3.05) is 19.8 Å². The topological polar surface area (TPSA) is 67.8 Å². The maximum absolute atomic E-state index is 12.7. The van der Waals surface area contributed by atoms with Gasteiger partial charge in [0.25, 0.3) is 0 Å². The first-order valence-electron chi connectivity index (χ1n) is 9.42. The summed E-state index contributed by atoms with van der Waals surface area (Å²) in [5.41, 5.74) is 1.11. The number of amides is 1. The number of phenolic OH excluding ortho intramolecular Hbond substituents is 1. The van der Waals surface area contributed by atoms with E-state index in [1.807, 2.05) is 19.1 Å². The first-order valence-corrected chi connectivity index (χ1v) is 9.42. The molecule has 1 saturated heterocycles. The van der Waals surface area contributed by atoms with Crippen LogP contribution in [0.4, 0.5) is 0 Å². The summed E-state index contributed by atoms with van der Waals surface area (Å²) in [5.74, 6) is 0.688. The van der Waals surface area contributed by atoms with Crippen LogP contribution in [0.25, 0.3) is 0 Å². The first kappa shape index (κ1) is 16.9. The Morgan fingerprint density at radius 3 is 2.88 bits per heavy atom. The van der Waals surface area contributed by atoms with E-state index in [4.69, 9.17) is 9.47 Å². The molecule has 2 N–H and O–H groups in total. The molecule has 1 heterocycles. The molecule has 0 bridgehead atoms. The molecule has 2 aliphatic carbocycles. The van der Waals surface area contributed by atoms with E-state index in [-0.39, 0.29) is 41.1 Å². The van der Waals surface area contributed by atoms with Crippen molar-refractivity contribution in [3.63, 3.8) is 0 Å². The predicted molar refractivity (Wildman–Crippen MR) is 93.4 cm³/mol. The lowest BCUT2D eigenvalue weighted by Gasteiger charge is -2.57. The molecular formula is C20H27NO4. The summed E-state index contributed by atoms with van der Waals surface area (Å²) in [7, 11) is 0. The maximum atomic E-state index is 12.7. The minimum atomic E-state index is 0.0323. The summed E-state index contributed by atoms with van der Waals surface area (Å²) in [6.07, 6.45) is 3.94. The van der Waals surface area contributed by atoms with Gasteiger partial charge in [-0.2, -0.15) is 0 Å². The Labute approximate surface area is 148 Å². The number of hydrogen-bond donors (Lipinski definition) is 2. The molecule has 4 atom stereocenters. The Bertz CT molecular complexity index is 640. The molecule has 4 rings (SSSR count). The fourth-order valence-corrected chi connectivity index (χ4v) is 4.69. The Balaban J connectivity index is 1.38. The fraction of sp³-hybridized carbons (Fsp3) is 0.650.